The fourth-order valence-corrected chi connectivity index (χ4v) is 2.06. The van der Waals surface area contributed by atoms with Gasteiger partial charge in [0.2, 0.25) is 0 Å². The normalized spacial score (nSPS) is 11.9. The van der Waals surface area contributed by atoms with Gasteiger partial charge in [-0.3, -0.25) is 4.79 Å². The summed E-state index contributed by atoms with van der Waals surface area (Å²) in [5.74, 6) is -1.47. The molecule has 1 atom stereocenters. The Labute approximate surface area is 124 Å². The summed E-state index contributed by atoms with van der Waals surface area (Å²) in [5, 5.41) is 11.8. The Morgan fingerprint density at radius 1 is 1.25 bits per heavy atom. The number of halogens is 2. The molecule has 2 rings (SSSR count). The number of amides is 1. The van der Waals surface area contributed by atoms with Crippen molar-refractivity contribution >= 4 is 21.8 Å². The summed E-state index contributed by atoms with van der Waals surface area (Å²) in [6.45, 7) is 1.82. The quantitative estimate of drug-likeness (QED) is 0.895. The number of rotatable bonds is 3. The van der Waals surface area contributed by atoms with E-state index < -0.39 is 11.7 Å². The molecule has 2 N–H and O–H groups in total. The second kappa shape index (κ2) is 6.05. The van der Waals surface area contributed by atoms with E-state index in [1.807, 2.05) is 31.2 Å². The van der Waals surface area contributed by atoms with Crippen LogP contribution in [-0.2, 0) is 0 Å². The number of hydrogen-bond donors (Lipinski definition) is 2. The lowest BCUT2D eigenvalue weighted by molar-refractivity contribution is 0.0936. The van der Waals surface area contributed by atoms with Crippen LogP contribution in [0.4, 0.5) is 4.39 Å². The highest BCUT2D eigenvalue weighted by atomic mass is 79.9. The van der Waals surface area contributed by atoms with Gasteiger partial charge < -0.3 is 10.4 Å². The molecule has 2 aromatic rings. The zero-order valence-electron chi connectivity index (χ0n) is 10.7. The fourth-order valence-electron chi connectivity index (χ4n) is 1.80. The molecule has 104 valence electrons. The maximum Gasteiger partial charge on any atom is 0.254 e. The molecule has 5 heteroatoms. The highest BCUT2D eigenvalue weighted by Crippen LogP contribution is 2.19. The van der Waals surface area contributed by atoms with Gasteiger partial charge >= 0.3 is 0 Å². The molecule has 20 heavy (non-hydrogen) atoms. The van der Waals surface area contributed by atoms with Gasteiger partial charge in [-0.1, -0.05) is 28.1 Å². The number of carbonyl (C=O) groups is 1. The van der Waals surface area contributed by atoms with Crippen molar-refractivity contribution in [3.8, 4) is 5.75 Å². The number of carbonyl (C=O) groups excluding carboxylic acids is 1. The Bertz CT molecular complexity index is 628. The van der Waals surface area contributed by atoms with Crippen molar-refractivity contribution in [1.82, 2.24) is 5.32 Å². The Hall–Kier alpha value is -1.88. The van der Waals surface area contributed by atoms with E-state index in [-0.39, 0.29) is 17.4 Å². The first-order valence-electron chi connectivity index (χ1n) is 6.02. The van der Waals surface area contributed by atoms with Gasteiger partial charge in [-0.05, 0) is 36.8 Å². The Morgan fingerprint density at radius 3 is 2.50 bits per heavy atom. The van der Waals surface area contributed by atoms with Crippen molar-refractivity contribution in [2.75, 3.05) is 0 Å². The SMILES string of the molecule is CC(NC(=O)c1ccc(O)cc1F)c1ccc(Br)cc1. The minimum atomic E-state index is -0.745. The fraction of sp³-hybridized carbons (Fsp3) is 0.133. The molecule has 0 saturated heterocycles. The van der Waals surface area contributed by atoms with Crippen LogP contribution < -0.4 is 5.32 Å². The van der Waals surface area contributed by atoms with E-state index in [1.54, 1.807) is 0 Å². The summed E-state index contributed by atoms with van der Waals surface area (Å²) >= 11 is 3.34. The molecule has 1 unspecified atom stereocenters. The molecule has 0 saturated carbocycles. The van der Waals surface area contributed by atoms with Crippen molar-refractivity contribution in [2.24, 2.45) is 0 Å². The predicted molar refractivity (Wildman–Crippen MR) is 78.1 cm³/mol. The maximum atomic E-state index is 13.6. The molecule has 0 bridgehead atoms. The summed E-state index contributed by atoms with van der Waals surface area (Å²) in [6, 6.07) is 10.7. The number of phenolic OH excluding ortho intramolecular Hbond substituents is 1. The van der Waals surface area contributed by atoms with Crippen LogP contribution in [0.1, 0.15) is 28.9 Å². The van der Waals surface area contributed by atoms with Gasteiger partial charge in [-0.15, -0.1) is 0 Å². The summed E-state index contributed by atoms with van der Waals surface area (Å²) in [6.07, 6.45) is 0. The van der Waals surface area contributed by atoms with E-state index >= 15 is 0 Å². The van der Waals surface area contributed by atoms with Gasteiger partial charge in [-0.2, -0.15) is 0 Å². The van der Waals surface area contributed by atoms with Crippen LogP contribution in [0, 0.1) is 5.82 Å². The van der Waals surface area contributed by atoms with Crippen LogP contribution >= 0.6 is 15.9 Å². The number of nitrogens with one attached hydrogen (secondary N) is 1. The Morgan fingerprint density at radius 2 is 1.90 bits per heavy atom. The van der Waals surface area contributed by atoms with Gasteiger partial charge in [0.25, 0.3) is 5.91 Å². The van der Waals surface area contributed by atoms with Crippen molar-refractivity contribution in [3.63, 3.8) is 0 Å². The number of hydrogen-bond acceptors (Lipinski definition) is 2. The number of aromatic hydroxyl groups is 1. The van der Waals surface area contributed by atoms with Gasteiger partial charge in [0.05, 0.1) is 11.6 Å². The zero-order chi connectivity index (χ0) is 14.7. The molecule has 0 aliphatic rings. The van der Waals surface area contributed by atoms with Crippen LogP contribution in [0.2, 0.25) is 0 Å². The largest absolute Gasteiger partial charge is 0.508 e. The first kappa shape index (κ1) is 14.5. The van der Waals surface area contributed by atoms with Gasteiger partial charge in [-0.25, -0.2) is 4.39 Å². The first-order chi connectivity index (χ1) is 9.47. The lowest BCUT2D eigenvalue weighted by Gasteiger charge is -2.15. The van der Waals surface area contributed by atoms with E-state index in [9.17, 15) is 9.18 Å². The Kier molecular flexibility index (Phi) is 4.39. The molecular weight excluding hydrogens is 325 g/mol. The van der Waals surface area contributed by atoms with Crippen LogP contribution in [0.5, 0.6) is 5.75 Å². The molecular formula is C15H13BrFNO2. The molecule has 0 fully saturated rings. The van der Waals surface area contributed by atoms with E-state index in [4.69, 9.17) is 5.11 Å². The average Bonchev–Trinajstić information content (AvgIpc) is 2.39. The van der Waals surface area contributed by atoms with Crippen LogP contribution in [0.25, 0.3) is 0 Å². The van der Waals surface area contributed by atoms with Crippen molar-refractivity contribution < 1.29 is 14.3 Å². The minimum absolute atomic E-state index is 0.0910. The monoisotopic (exact) mass is 337 g/mol. The highest BCUT2D eigenvalue weighted by Gasteiger charge is 2.15. The molecule has 0 aliphatic carbocycles. The number of benzene rings is 2. The second-order valence-electron chi connectivity index (χ2n) is 4.41. The molecule has 0 aromatic heterocycles. The van der Waals surface area contributed by atoms with Gasteiger partial charge in [0, 0.05) is 10.5 Å². The van der Waals surface area contributed by atoms with E-state index in [2.05, 4.69) is 21.2 Å². The lowest BCUT2D eigenvalue weighted by Crippen LogP contribution is -2.27. The molecule has 2 aromatic carbocycles. The van der Waals surface area contributed by atoms with Crippen molar-refractivity contribution in [1.29, 1.82) is 0 Å². The summed E-state index contributed by atoms with van der Waals surface area (Å²) < 4.78 is 14.5. The van der Waals surface area contributed by atoms with Gasteiger partial charge in [0.1, 0.15) is 11.6 Å². The number of phenols is 1. The smallest absolute Gasteiger partial charge is 0.254 e. The summed E-state index contributed by atoms with van der Waals surface area (Å²) in [7, 11) is 0. The third-order valence-corrected chi connectivity index (χ3v) is 3.44. The highest BCUT2D eigenvalue weighted by molar-refractivity contribution is 9.10. The van der Waals surface area contributed by atoms with E-state index in [0.29, 0.717) is 0 Å². The molecule has 0 radical (unpaired) electrons. The molecule has 3 nitrogen and oxygen atoms in total. The first-order valence-corrected chi connectivity index (χ1v) is 6.81. The lowest BCUT2D eigenvalue weighted by atomic mass is 10.1. The third-order valence-electron chi connectivity index (χ3n) is 2.91. The van der Waals surface area contributed by atoms with Crippen LogP contribution in [0.15, 0.2) is 46.9 Å². The maximum absolute atomic E-state index is 13.6. The zero-order valence-corrected chi connectivity index (χ0v) is 12.3. The van der Waals surface area contributed by atoms with E-state index in [0.717, 1.165) is 16.1 Å². The van der Waals surface area contributed by atoms with Gasteiger partial charge in [0.15, 0.2) is 0 Å². The second-order valence-corrected chi connectivity index (χ2v) is 5.33. The van der Waals surface area contributed by atoms with Crippen molar-refractivity contribution in [2.45, 2.75) is 13.0 Å². The topological polar surface area (TPSA) is 49.3 Å². The average molecular weight is 338 g/mol. The molecule has 1 amide bonds. The molecule has 0 aliphatic heterocycles. The van der Waals surface area contributed by atoms with Crippen LogP contribution in [0.3, 0.4) is 0 Å². The third kappa shape index (κ3) is 3.36. The molecule has 0 spiro atoms. The summed E-state index contributed by atoms with van der Waals surface area (Å²) in [4.78, 5) is 12.0. The standard InChI is InChI=1S/C15H13BrFNO2/c1-9(10-2-4-11(16)5-3-10)18-15(20)13-7-6-12(19)8-14(13)17/h2-9,19H,1H3,(H,18,20). The minimum Gasteiger partial charge on any atom is -0.508 e. The predicted octanol–water partition coefficient (Wildman–Crippen LogP) is 3.78. The van der Waals surface area contributed by atoms with E-state index in [1.165, 1.54) is 12.1 Å². The summed E-state index contributed by atoms with van der Waals surface area (Å²) in [5.41, 5.74) is 0.826. The Balaban J connectivity index is 2.13. The molecule has 0 heterocycles. The van der Waals surface area contributed by atoms with Crippen molar-refractivity contribution in [3.05, 3.63) is 63.9 Å². The van der Waals surface area contributed by atoms with Crippen LogP contribution in [-0.4, -0.2) is 11.0 Å².